The van der Waals surface area contributed by atoms with Crippen LogP contribution >= 0.6 is 11.8 Å². The highest BCUT2D eigenvalue weighted by atomic mass is 32.2. The van der Waals surface area contributed by atoms with E-state index in [0.717, 1.165) is 23.8 Å². The lowest BCUT2D eigenvalue weighted by atomic mass is 9.88. The third-order valence-corrected chi connectivity index (χ3v) is 5.27. The van der Waals surface area contributed by atoms with Gasteiger partial charge in [-0.15, -0.1) is 0 Å². The number of hydrogen-bond acceptors (Lipinski definition) is 4. The molecule has 100 valence electrons. The van der Waals surface area contributed by atoms with Gasteiger partial charge in [-0.3, -0.25) is 4.98 Å². The van der Waals surface area contributed by atoms with Crippen LogP contribution < -0.4 is 5.32 Å². The molecule has 0 bridgehead atoms. The van der Waals surface area contributed by atoms with E-state index in [1.807, 2.05) is 31.8 Å². The zero-order chi connectivity index (χ0) is 13.0. The van der Waals surface area contributed by atoms with E-state index < -0.39 is 0 Å². The van der Waals surface area contributed by atoms with Crippen LogP contribution in [0.3, 0.4) is 0 Å². The molecule has 18 heavy (non-hydrogen) atoms. The van der Waals surface area contributed by atoms with Gasteiger partial charge in [-0.05, 0) is 32.9 Å². The van der Waals surface area contributed by atoms with E-state index in [2.05, 4.69) is 21.5 Å². The van der Waals surface area contributed by atoms with Crippen LogP contribution in [0, 0.1) is 13.8 Å². The molecule has 1 fully saturated rings. The van der Waals surface area contributed by atoms with Crippen molar-refractivity contribution in [3.8, 4) is 0 Å². The van der Waals surface area contributed by atoms with Gasteiger partial charge in [0.1, 0.15) is 5.82 Å². The Morgan fingerprint density at radius 2 is 2.00 bits per heavy atom. The lowest BCUT2D eigenvalue weighted by Crippen LogP contribution is -2.36. The quantitative estimate of drug-likeness (QED) is 0.903. The van der Waals surface area contributed by atoms with Gasteiger partial charge in [-0.25, -0.2) is 4.98 Å². The van der Waals surface area contributed by atoms with Crippen molar-refractivity contribution in [3.05, 3.63) is 17.6 Å². The van der Waals surface area contributed by atoms with Crippen molar-refractivity contribution in [1.29, 1.82) is 0 Å². The van der Waals surface area contributed by atoms with Crippen molar-refractivity contribution in [2.24, 2.45) is 0 Å². The van der Waals surface area contributed by atoms with E-state index in [-0.39, 0.29) is 0 Å². The molecule has 1 aliphatic carbocycles. The van der Waals surface area contributed by atoms with E-state index in [9.17, 15) is 0 Å². The van der Waals surface area contributed by atoms with Crippen LogP contribution in [-0.2, 0) is 0 Å². The summed E-state index contributed by atoms with van der Waals surface area (Å²) in [5.74, 6) is 0.953. The summed E-state index contributed by atoms with van der Waals surface area (Å²) in [5.41, 5.74) is 1.97. The fourth-order valence-electron chi connectivity index (χ4n) is 2.60. The molecule has 2 rings (SSSR count). The van der Waals surface area contributed by atoms with Gasteiger partial charge in [-0.2, -0.15) is 11.8 Å². The standard InChI is InChI=1S/C14H23N3S/c1-11-9-15-12(2)13(17-11)16-10-14(18-3)7-5-4-6-8-14/h9H,4-8,10H2,1-3H3,(H,16,17). The Morgan fingerprint density at radius 3 is 2.67 bits per heavy atom. The van der Waals surface area contributed by atoms with Gasteiger partial charge in [0.2, 0.25) is 0 Å². The highest BCUT2D eigenvalue weighted by molar-refractivity contribution is 8.00. The van der Waals surface area contributed by atoms with Crippen LogP contribution in [0.2, 0.25) is 0 Å². The van der Waals surface area contributed by atoms with Crippen molar-refractivity contribution in [1.82, 2.24) is 9.97 Å². The molecule has 0 unspecified atom stereocenters. The smallest absolute Gasteiger partial charge is 0.147 e. The summed E-state index contributed by atoms with van der Waals surface area (Å²) in [6.07, 6.45) is 10.8. The maximum Gasteiger partial charge on any atom is 0.147 e. The minimum atomic E-state index is 0.399. The summed E-state index contributed by atoms with van der Waals surface area (Å²) >= 11 is 2.01. The predicted octanol–water partition coefficient (Wildman–Crippen LogP) is 3.57. The normalized spacial score (nSPS) is 18.6. The zero-order valence-corrected chi connectivity index (χ0v) is 12.4. The molecule has 0 radical (unpaired) electrons. The van der Waals surface area contributed by atoms with Gasteiger partial charge in [0.25, 0.3) is 0 Å². The van der Waals surface area contributed by atoms with Gasteiger partial charge in [0, 0.05) is 17.5 Å². The van der Waals surface area contributed by atoms with E-state index >= 15 is 0 Å². The van der Waals surface area contributed by atoms with Crippen molar-refractivity contribution >= 4 is 17.6 Å². The van der Waals surface area contributed by atoms with Crippen LogP contribution in [0.15, 0.2) is 6.20 Å². The number of rotatable bonds is 4. The molecule has 4 heteroatoms. The first-order chi connectivity index (χ1) is 8.65. The monoisotopic (exact) mass is 265 g/mol. The summed E-state index contributed by atoms with van der Waals surface area (Å²) in [5, 5.41) is 3.52. The highest BCUT2D eigenvalue weighted by Crippen LogP contribution is 2.38. The summed E-state index contributed by atoms with van der Waals surface area (Å²) in [6.45, 7) is 5.01. The minimum Gasteiger partial charge on any atom is -0.367 e. The van der Waals surface area contributed by atoms with Crippen molar-refractivity contribution in [3.63, 3.8) is 0 Å². The number of nitrogens with zero attached hydrogens (tertiary/aromatic N) is 2. The molecule has 0 saturated heterocycles. The zero-order valence-electron chi connectivity index (χ0n) is 11.6. The SMILES string of the molecule is CSC1(CNc2nc(C)cnc2C)CCCCC1. The minimum absolute atomic E-state index is 0.399. The van der Waals surface area contributed by atoms with E-state index in [1.54, 1.807) is 0 Å². The van der Waals surface area contributed by atoms with Crippen molar-refractivity contribution in [2.45, 2.75) is 50.7 Å². The first-order valence-electron chi connectivity index (χ1n) is 6.74. The molecule has 1 aromatic rings. The molecule has 0 aromatic carbocycles. The van der Waals surface area contributed by atoms with Crippen molar-refractivity contribution < 1.29 is 0 Å². The predicted molar refractivity (Wildman–Crippen MR) is 79.3 cm³/mol. The molecule has 1 aromatic heterocycles. The second-order valence-electron chi connectivity index (χ2n) is 5.25. The summed E-state index contributed by atoms with van der Waals surface area (Å²) in [7, 11) is 0. The number of hydrogen-bond donors (Lipinski definition) is 1. The third-order valence-electron chi connectivity index (χ3n) is 3.85. The molecule has 0 aliphatic heterocycles. The first kappa shape index (κ1) is 13.7. The Bertz CT molecular complexity index is 400. The number of aryl methyl sites for hydroxylation is 2. The Labute approximate surface area is 114 Å². The largest absolute Gasteiger partial charge is 0.367 e. The molecule has 1 N–H and O–H groups in total. The average Bonchev–Trinajstić information content (AvgIpc) is 2.41. The van der Waals surface area contributed by atoms with Gasteiger partial charge >= 0.3 is 0 Å². The maximum atomic E-state index is 4.54. The summed E-state index contributed by atoms with van der Waals surface area (Å²) in [6, 6.07) is 0. The van der Waals surface area contributed by atoms with Crippen LogP contribution in [-0.4, -0.2) is 27.5 Å². The first-order valence-corrected chi connectivity index (χ1v) is 7.97. The molecule has 1 heterocycles. The summed E-state index contributed by atoms with van der Waals surface area (Å²) < 4.78 is 0.399. The van der Waals surface area contributed by atoms with Crippen LogP contribution in [0.25, 0.3) is 0 Å². The van der Waals surface area contributed by atoms with E-state index in [1.165, 1.54) is 32.1 Å². The number of thioether (sulfide) groups is 1. The second-order valence-corrected chi connectivity index (χ2v) is 6.52. The fourth-order valence-corrected chi connectivity index (χ4v) is 3.51. The lowest BCUT2D eigenvalue weighted by molar-refractivity contribution is 0.411. The molecule has 3 nitrogen and oxygen atoms in total. The molecule has 1 aliphatic rings. The number of nitrogens with one attached hydrogen (secondary N) is 1. The molecule has 1 saturated carbocycles. The number of anilines is 1. The molecule has 0 spiro atoms. The molecular weight excluding hydrogens is 242 g/mol. The summed E-state index contributed by atoms with van der Waals surface area (Å²) in [4.78, 5) is 8.90. The van der Waals surface area contributed by atoms with Crippen LogP contribution in [0.5, 0.6) is 0 Å². The molecular formula is C14H23N3S. The van der Waals surface area contributed by atoms with Gasteiger partial charge in [0.15, 0.2) is 0 Å². The van der Waals surface area contributed by atoms with Gasteiger partial charge < -0.3 is 5.32 Å². The maximum absolute atomic E-state index is 4.54. The van der Waals surface area contributed by atoms with E-state index in [4.69, 9.17) is 0 Å². The Kier molecular flexibility index (Phi) is 4.49. The average molecular weight is 265 g/mol. The van der Waals surface area contributed by atoms with Gasteiger partial charge in [0.05, 0.1) is 11.4 Å². The molecule has 0 atom stereocenters. The third kappa shape index (κ3) is 3.16. The van der Waals surface area contributed by atoms with Crippen LogP contribution in [0.4, 0.5) is 5.82 Å². The second kappa shape index (κ2) is 5.91. The molecule has 0 amide bonds. The van der Waals surface area contributed by atoms with Gasteiger partial charge in [-0.1, -0.05) is 19.3 Å². The lowest BCUT2D eigenvalue weighted by Gasteiger charge is -2.36. The number of aromatic nitrogens is 2. The fraction of sp³-hybridized carbons (Fsp3) is 0.714. The van der Waals surface area contributed by atoms with Crippen LogP contribution in [0.1, 0.15) is 43.5 Å². The topological polar surface area (TPSA) is 37.8 Å². The Balaban J connectivity index is 2.03. The highest BCUT2D eigenvalue weighted by Gasteiger charge is 2.31. The van der Waals surface area contributed by atoms with Crippen molar-refractivity contribution in [2.75, 3.05) is 18.1 Å². The Hall–Kier alpha value is -0.770. The van der Waals surface area contributed by atoms with E-state index in [0.29, 0.717) is 4.75 Å². The Morgan fingerprint density at radius 1 is 1.28 bits per heavy atom.